The fourth-order valence-corrected chi connectivity index (χ4v) is 3.12. The van der Waals surface area contributed by atoms with Gasteiger partial charge >= 0.3 is 0 Å². The first-order chi connectivity index (χ1) is 8.65. The lowest BCUT2D eigenvalue weighted by Crippen LogP contribution is -2.36. The van der Waals surface area contributed by atoms with Gasteiger partial charge in [0.05, 0.1) is 6.10 Å². The summed E-state index contributed by atoms with van der Waals surface area (Å²) in [6, 6.07) is 0.306. The van der Waals surface area contributed by atoms with E-state index in [2.05, 4.69) is 0 Å². The third-order valence-electron chi connectivity index (χ3n) is 4.21. The summed E-state index contributed by atoms with van der Waals surface area (Å²) in [5.41, 5.74) is 5.96. The highest BCUT2D eigenvalue weighted by Gasteiger charge is 2.25. The van der Waals surface area contributed by atoms with E-state index in [1.807, 2.05) is 11.9 Å². The first-order valence-corrected chi connectivity index (χ1v) is 7.26. The molecule has 0 aromatic rings. The highest BCUT2D eigenvalue weighted by molar-refractivity contribution is 5.76. The molecule has 0 radical (unpaired) electrons. The summed E-state index contributed by atoms with van der Waals surface area (Å²) in [5, 5.41) is 0. The second kappa shape index (κ2) is 6.53. The minimum absolute atomic E-state index is 0.254. The van der Waals surface area contributed by atoms with Crippen molar-refractivity contribution in [3.05, 3.63) is 0 Å². The number of ether oxygens (including phenoxy) is 1. The van der Waals surface area contributed by atoms with E-state index >= 15 is 0 Å². The minimum Gasteiger partial charge on any atom is -0.376 e. The Hall–Kier alpha value is -0.610. The standard InChI is InChI=1S/C14H26N2O2/c1-16(10-13-6-3-7-18-13)14(17)9-11-4-2-5-12(15)8-11/h11-13H,2-10,15H2,1H3. The van der Waals surface area contributed by atoms with Gasteiger partial charge in [-0.3, -0.25) is 4.79 Å². The molecule has 1 saturated heterocycles. The van der Waals surface area contributed by atoms with Gasteiger partial charge in [0.1, 0.15) is 0 Å². The van der Waals surface area contributed by atoms with Gasteiger partial charge in [0.2, 0.25) is 5.91 Å². The largest absolute Gasteiger partial charge is 0.376 e. The average molecular weight is 254 g/mol. The normalized spacial score (nSPS) is 32.4. The summed E-state index contributed by atoms with van der Waals surface area (Å²) in [6.45, 7) is 1.60. The zero-order valence-electron chi connectivity index (χ0n) is 11.4. The van der Waals surface area contributed by atoms with Crippen molar-refractivity contribution >= 4 is 5.91 Å². The Kier molecular flexibility index (Phi) is 5.01. The maximum atomic E-state index is 12.1. The third-order valence-corrected chi connectivity index (χ3v) is 4.21. The predicted octanol–water partition coefficient (Wildman–Crippen LogP) is 1.53. The summed E-state index contributed by atoms with van der Waals surface area (Å²) < 4.78 is 5.57. The molecule has 1 aliphatic carbocycles. The lowest BCUT2D eigenvalue weighted by molar-refractivity contribution is -0.132. The van der Waals surface area contributed by atoms with Gasteiger partial charge in [0, 0.05) is 32.7 Å². The molecule has 0 bridgehead atoms. The zero-order valence-corrected chi connectivity index (χ0v) is 11.4. The first kappa shape index (κ1) is 13.8. The van der Waals surface area contributed by atoms with Crippen LogP contribution in [0.2, 0.25) is 0 Å². The molecule has 1 heterocycles. The van der Waals surface area contributed by atoms with Crippen LogP contribution in [0.5, 0.6) is 0 Å². The van der Waals surface area contributed by atoms with Crippen LogP contribution in [-0.2, 0) is 9.53 Å². The molecule has 2 fully saturated rings. The summed E-state index contributed by atoms with van der Waals surface area (Å²) in [5.74, 6) is 0.748. The molecule has 0 spiro atoms. The fraction of sp³-hybridized carbons (Fsp3) is 0.929. The molecular weight excluding hydrogens is 228 g/mol. The quantitative estimate of drug-likeness (QED) is 0.828. The summed E-state index contributed by atoms with van der Waals surface area (Å²) in [7, 11) is 1.90. The van der Waals surface area contributed by atoms with Crippen LogP contribution in [0, 0.1) is 5.92 Å². The number of rotatable bonds is 4. The molecular formula is C14H26N2O2. The molecule has 2 N–H and O–H groups in total. The first-order valence-electron chi connectivity index (χ1n) is 7.26. The van der Waals surface area contributed by atoms with Crippen molar-refractivity contribution in [2.24, 2.45) is 11.7 Å². The van der Waals surface area contributed by atoms with Crippen LogP contribution in [0.3, 0.4) is 0 Å². The molecule has 1 saturated carbocycles. The molecule has 3 unspecified atom stereocenters. The van der Waals surface area contributed by atoms with Crippen molar-refractivity contribution in [3.8, 4) is 0 Å². The van der Waals surface area contributed by atoms with Crippen LogP contribution >= 0.6 is 0 Å². The number of carbonyl (C=O) groups excluding carboxylic acids is 1. The summed E-state index contributed by atoms with van der Waals surface area (Å²) in [4.78, 5) is 14.0. The number of amides is 1. The Morgan fingerprint density at radius 3 is 2.83 bits per heavy atom. The molecule has 0 aromatic carbocycles. The molecule has 2 aliphatic rings. The van der Waals surface area contributed by atoms with Crippen LogP contribution in [-0.4, -0.2) is 43.2 Å². The van der Waals surface area contributed by atoms with Crippen molar-refractivity contribution in [2.75, 3.05) is 20.2 Å². The molecule has 18 heavy (non-hydrogen) atoms. The fourth-order valence-electron chi connectivity index (χ4n) is 3.12. The lowest BCUT2D eigenvalue weighted by Gasteiger charge is -2.28. The Morgan fingerprint density at radius 2 is 2.17 bits per heavy atom. The third kappa shape index (κ3) is 3.95. The number of hydrogen-bond acceptors (Lipinski definition) is 3. The smallest absolute Gasteiger partial charge is 0.222 e. The van der Waals surface area contributed by atoms with E-state index in [-0.39, 0.29) is 12.0 Å². The minimum atomic E-state index is 0.254. The summed E-state index contributed by atoms with van der Waals surface area (Å²) >= 11 is 0. The van der Waals surface area contributed by atoms with Crippen LogP contribution < -0.4 is 5.73 Å². The van der Waals surface area contributed by atoms with E-state index in [1.165, 1.54) is 6.42 Å². The van der Waals surface area contributed by atoms with Gasteiger partial charge < -0.3 is 15.4 Å². The van der Waals surface area contributed by atoms with Crippen LogP contribution in [0.15, 0.2) is 0 Å². The van der Waals surface area contributed by atoms with E-state index < -0.39 is 0 Å². The number of nitrogens with zero attached hydrogens (tertiary/aromatic N) is 1. The molecule has 1 amide bonds. The number of carbonyl (C=O) groups is 1. The topological polar surface area (TPSA) is 55.6 Å². The van der Waals surface area contributed by atoms with E-state index in [9.17, 15) is 4.79 Å². The van der Waals surface area contributed by atoms with Crippen LogP contribution in [0.1, 0.15) is 44.9 Å². The predicted molar refractivity (Wildman–Crippen MR) is 71.2 cm³/mol. The summed E-state index contributed by atoms with van der Waals surface area (Å²) in [6.07, 6.45) is 7.61. The van der Waals surface area contributed by atoms with Crippen molar-refractivity contribution < 1.29 is 9.53 Å². The highest BCUT2D eigenvalue weighted by atomic mass is 16.5. The number of nitrogens with two attached hydrogens (primary N) is 1. The highest BCUT2D eigenvalue weighted by Crippen LogP contribution is 2.26. The average Bonchev–Trinajstić information content (AvgIpc) is 2.81. The Balaban J connectivity index is 1.72. The molecule has 3 atom stereocenters. The second-order valence-electron chi connectivity index (χ2n) is 5.91. The Morgan fingerprint density at radius 1 is 1.33 bits per heavy atom. The maximum absolute atomic E-state index is 12.1. The van der Waals surface area contributed by atoms with E-state index in [4.69, 9.17) is 10.5 Å². The lowest BCUT2D eigenvalue weighted by atomic mass is 9.84. The van der Waals surface area contributed by atoms with Crippen molar-refractivity contribution in [1.29, 1.82) is 0 Å². The Labute approximate surface area is 110 Å². The van der Waals surface area contributed by atoms with E-state index in [0.717, 1.165) is 45.3 Å². The van der Waals surface area contributed by atoms with Gasteiger partial charge in [-0.1, -0.05) is 6.42 Å². The molecule has 1 aliphatic heterocycles. The number of likely N-dealkylation sites (N-methyl/N-ethyl adjacent to an activating group) is 1. The molecule has 4 heteroatoms. The molecule has 104 valence electrons. The van der Waals surface area contributed by atoms with Crippen molar-refractivity contribution in [3.63, 3.8) is 0 Å². The molecule has 4 nitrogen and oxygen atoms in total. The zero-order chi connectivity index (χ0) is 13.0. The van der Waals surface area contributed by atoms with Gasteiger partial charge in [-0.05, 0) is 38.0 Å². The van der Waals surface area contributed by atoms with Crippen LogP contribution in [0.25, 0.3) is 0 Å². The van der Waals surface area contributed by atoms with Gasteiger partial charge in [-0.15, -0.1) is 0 Å². The van der Waals surface area contributed by atoms with Gasteiger partial charge in [0.15, 0.2) is 0 Å². The number of hydrogen-bond donors (Lipinski definition) is 1. The van der Waals surface area contributed by atoms with Crippen LogP contribution in [0.4, 0.5) is 0 Å². The van der Waals surface area contributed by atoms with E-state index in [0.29, 0.717) is 18.4 Å². The Bertz CT molecular complexity index is 277. The SMILES string of the molecule is CN(CC1CCCO1)C(=O)CC1CCCC(N)C1. The van der Waals surface area contributed by atoms with Gasteiger partial charge in [0.25, 0.3) is 0 Å². The monoisotopic (exact) mass is 254 g/mol. The molecule has 2 rings (SSSR count). The van der Waals surface area contributed by atoms with Crippen molar-refractivity contribution in [1.82, 2.24) is 4.90 Å². The van der Waals surface area contributed by atoms with Gasteiger partial charge in [-0.2, -0.15) is 0 Å². The maximum Gasteiger partial charge on any atom is 0.222 e. The van der Waals surface area contributed by atoms with E-state index in [1.54, 1.807) is 0 Å². The van der Waals surface area contributed by atoms with Gasteiger partial charge in [-0.25, -0.2) is 0 Å². The van der Waals surface area contributed by atoms with Crippen molar-refractivity contribution in [2.45, 2.75) is 57.1 Å². The molecule has 0 aromatic heterocycles. The second-order valence-corrected chi connectivity index (χ2v) is 5.91.